The maximum atomic E-state index is 11.8. The lowest BCUT2D eigenvalue weighted by Gasteiger charge is -2.06. The minimum Gasteiger partial charge on any atom is -0.320 e. The fourth-order valence-electron chi connectivity index (χ4n) is 1.62. The predicted octanol–water partition coefficient (Wildman–Crippen LogP) is -0.0522. The highest BCUT2D eigenvalue weighted by Gasteiger charge is 2.10. The van der Waals surface area contributed by atoms with Gasteiger partial charge in [0.2, 0.25) is 5.91 Å². The summed E-state index contributed by atoms with van der Waals surface area (Å²) in [5, 5.41) is 2.47. The van der Waals surface area contributed by atoms with Gasteiger partial charge >= 0.3 is 5.69 Å². The molecule has 98 valence electrons. The predicted molar refractivity (Wildman–Crippen MR) is 69.0 cm³/mol. The molecule has 7 nitrogen and oxygen atoms in total. The lowest BCUT2D eigenvalue weighted by molar-refractivity contribution is -0.115. The lowest BCUT2D eigenvalue weighted by Crippen LogP contribution is -2.29. The van der Waals surface area contributed by atoms with Crippen LogP contribution in [-0.2, 0) is 11.2 Å². The number of rotatable bonds is 3. The van der Waals surface area contributed by atoms with E-state index in [0.717, 1.165) is 5.56 Å². The van der Waals surface area contributed by atoms with Crippen molar-refractivity contribution in [3.05, 3.63) is 56.6 Å². The molecular formula is C12H12N4O3. The minimum absolute atomic E-state index is 0.0495. The second kappa shape index (κ2) is 5.30. The number of hydrogen-bond donors (Lipinski definition) is 3. The first kappa shape index (κ1) is 12.7. The molecule has 0 radical (unpaired) electrons. The second-order valence-corrected chi connectivity index (χ2v) is 3.99. The third kappa shape index (κ3) is 3.15. The fraction of sp³-hybridized carbons (Fsp3) is 0.167. The van der Waals surface area contributed by atoms with E-state index < -0.39 is 11.2 Å². The molecule has 2 heterocycles. The van der Waals surface area contributed by atoms with Gasteiger partial charge in [0.25, 0.3) is 5.56 Å². The molecule has 7 heteroatoms. The third-order valence-corrected chi connectivity index (χ3v) is 2.48. The first-order valence-electron chi connectivity index (χ1n) is 5.58. The van der Waals surface area contributed by atoms with Crippen molar-refractivity contribution in [2.45, 2.75) is 13.3 Å². The maximum Gasteiger partial charge on any atom is 0.326 e. The average molecular weight is 260 g/mol. The average Bonchev–Trinajstić information content (AvgIpc) is 2.35. The van der Waals surface area contributed by atoms with Crippen LogP contribution in [0.1, 0.15) is 11.3 Å². The number of nitrogens with one attached hydrogen (secondary N) is 3. The van der Waals surface area contributed by atoms with E-state index in [4.69, 9.17) is 0 Å². The summed E-state index contributed by atoms with van der Waals surface area (Å²) >= 11 is 0. The van der Waals surface area contributed by atoms with Crippen LogP contribution in [-0.4, -0.2) is 20.9 Å². The molecule has 0 aliphatic heterocycles. The summed E-state index contributed by atoms with van der Waals surface area (Å²) in [4.78, 5) is 42.7. The van der Waals surface area contributed by atoms with Gasteiger partial charge in [0, 0.05) is 18.1 Å². The molecule has 2 aromatic rings. The number of anilines is 1. The van der Waals surface area contributed by atoms with E-state index in [9.17, 15) is 14.4 Å². The molecule has 0 aliphatic carbocycles. The summed E-state index contributed by atoms with van der Waals surface area (Å²) in [5.41, 5.74) is -0.131. The number of amides is 1. The van der Waals surface area contributed by atoms with Gasteiger partial charge in [-0.2, -0.15) is 0 Å². The highest BCUT2D eigenvalue weighted by atomic mass is 16.2. The Balaban J connectivity index is 2.16. The Morgan fingerprint density at radius 2 is 2.16 bits per heavy atom. The molecule has 3 N–H and O–H groups in total. The highest BCUT2D eigenvalue weighted by molar-refractivity contribution is 5.92. The molecule has 2 rings (SSSR count). The van der Waals surface area contributed by atoms with Gasteiger partial charge in [-0.3, -0.25) is 19.6 Å². The Kier molecular flexibility index (Phi) is 3.56. The summed E-state index contributed by atoms with van der Waals surface area (Å²) < 4.78 is 0. The molecule has 0 atom stereocenters. The van der Waals surface area contributed by atoms with Crippen molar-refractivity contribution in [3.63, 3.8) is 0 Å². The van der Waals surface area contributed by atoms with Crippen molar-refractivity contribution in [2.75, 3.05) is 5.32 Å². The van der Waals surface area contributed by atoms with Crippen molar-refractivity contribution in [1.82, 2.24) is 15.0 Å². The first-order valence-corrected chi connectivity index (χ1v) is 5.58. The zero-order chi connectivity index (χ0) is 13.8. The van der Waals surface area contributed by atoms with Gasteiger partial charge in [-0.1, -0.05) is 6.07 Å². The topological polar surface area (TPSA) is 108 Å². The number of hydrogen-bond acceptors (Lipinski definition) is 4. The molecule has 0 bridgehead atoms. The van der Waals surface area contributed by atoms with Crippen LogP contribution in [0.25, 0.3) is 0 Å². The zero-order valence-electron chi connectivity index (χ0n) is 10.2. The molecule has 0 spiro atoms. The van der Waals surface area contributed by atoms with Crippen molar-refractivity contribution in [1.29, 1.82) is 0 Å². The maximum absolute atomic E-state index is 11.8. The smallest absolute Gasteiger partial charge is 0.320 e. The second-order valence-electron chi connectivity index (χ2n) is 3.99. The quantitative estimate of drug-likeness (QED) is 0.718. The Bertz CT molecular complexity index is 703. The minimum atomic E-state index is -0.624. The third-order valence-electron chi connectivity index (χ3n) is 2.48. The van der Waals surface area contributed by atoms with Gasteiger partial charge in [-0.15, -0.1) is 0 Å². The van der Waals surface area contributed by atoms with E-state index in [2.05, 4.69) is 20.3 Å². The van der Waals surface area contributed by atoms with Crippen LogP contribution in [0.4, 0.5) is 5.69 Å². The molecule has 19 heavy (non-hydrogen) atoms. The lowest BCUT2D eigenvalue weighted by atomic mass is 10.2. The Morgan fingerprint density at radius 1 is 1.37 bits per heavy atom. The van der Waals surface area contributed by atoms with E-state index in [-0.39, 0.29) is 18.0 Å². The normalized spacial score (nSPS) is 10.2. The molecule has 0 fully saturated rings. The number of H-pyrrole nitrogens is 2. The van der Waals surface area contributed by atoms with Gasteiger partial charge in [0.05, 0.1) is 6.42 Å². The van der Waals surface area contributed by atoms with Gasteiger partial charge in [-0.05, 0) is 18.6 Å². The number of carbonyl (C=O) groups excluding carboxylic acids is 1. The van der Waals surface area contributed by atoms with E-state index in [1.165, 1.54) is 6.92 Å². The fourth-order valence-corrected chi connectivity index (χ4v) is 1.62. The molecular weight excluding hydrogens is 248 g/mol. The zero-order valence-corrected chi connectivity index (χ0v) is 10.2. The van der Waals surface area contributed by atoms with Gasteiger partial charge < -0.3 is 10.3 Å². The summed E-state index contributed by atoms with van der Waals surface area (Å²) in [6, 6.07) is 3.48. The monoisotopic (exact) mass is 260 g/mol. The summed E-state index contributed by atoms with van der Waals surface area (Å²) in [6.45, 7) is 1.54. The van der Waals surface area contributed by atoms with Crippen LogP contribution in [0.3, 0.4) is 0 Å². The van der Waals surface area contributed by atoms with Crippen LogP contribution in [0.2, 0.25) is 0 Å². The van der Waals surface area contributed by atoms with Gasteiger partial charge in [0.15, 0.2) is 0 Å². The van der Waals surface area contributed by atoms with Crippen molar-refractivity contribution >= 4 is 11.6 Å². The number of carbonyl (C=O) groups is 1. The van der Waals surface area contributed by atoms with Gasteiger partial charge in [0.1, 0.15) is 5.69 Å². The number of nitrogens with zero attached hydrogens (tertiary/aromatic N) is 1. The summed E-state index contributed by atoms with van der Waals surface area (Å²) in [7, 11) is 0. The molecule has 1 amide bonds. The van der Waals surface area contributed by atoms with E-state index in [1.54, 1.807) is 24.5 Å². The Labute approximate surface area is 107 Å². The van der Waals surface area contributed by atoms with Crippen LogP contribution in [0, 0.1) is 6.92 Å². The SMILES string of the molecule is Cc1[nH]c(=O)[nH]c(=O)c1NC(=O)Cc1cccnc1. The van der Waals surface area contributed by atoms with E-state index in [1.807, 2.05) is 0 Å². The van der Waals surface area contributed by atoms with Crippen LogP contribution < -0.4 is 16.6 Å². The first-order chi connectivity index (χ1) is 9.06. The number of aromatic amines is 2. The van der Waals surface area contributed by atoms with Crippen molar-refractivity contribution in [2.24, 2.45) is 0 Å². The molecule has 0 aromatic carbocycles. The molecule has 2 aromatic heterocycles. The number of aryl methyl sites for hydroxylation is 1. The number of pyridine rings is 1. The highest BCUT2D eigenvalue weighted by Crippen LogP contribution is 2.04. The van der Waals surface area contributed by atoms with Crippen molar-refractivity contribution in [3.8, 4) is 0 Å². The van der Waals surface area contributed by atoms with E-state index in [0.29, 0.717) is 5.69 Å². The van der Waals surface area contributed by atoms with Crippen molar-refractivity contribution < 1.29 is 4.79 Å². The Hall–Kier alpha value is -2.70. The molecule has 0 unspecified atom stereocenters. The van der Waals surface area contributed by atoms with Crippen LogP contribution >= 0.6 is 0 Å². The Morgan fingerprint density at radius 3 is 2.79 bits per heavy atom. The van der Waals surface area contributed by atoms with Crippen LogP contribution in [0.5, 0.6) is 0 Å². The van der Waals surface area contributed by atoms with Crippen LogP contribution in [0.15, 0.2) is 34.1 Å². The standard InChI is InChI=1S/C12H12N4O3/c1-7-10(11(18)16-12(19)14-7)15-9(17)5-8-3-2-4-13-6-8/h2-4,6H,5H2,1H3,(H,15,17)(H2,14,16,18,19). The number of aromatic nitrogens is 3. The molecule has 0 saturated heterocycles. The molecule has 0 aliphatic rings. The summed E-state index contributed by atoms with van der Waals surface area (Å²) in [5.74, 6) is -0.353. The largest absolute Gasteiger partial charge is 0.326 e. The van der Waals surface area contributed by atoms with E-state index >= 15 is 0 Å². The summed E-state index contributed by atoms with van der Waals surface area (Å²) in [6.07, 6.45) is 3.29. The molecule has 0 saturated carbocycles. The van der Waals surface area contributed by atoms with Gasteiger partial charge in [-0.25, -0.2) is 4.79 Å².